The molecule has 0 saturated heterocycles. The van der Waals surface area contributed by atoms with Crippen LogP contribution in [0, 0.1) is 0 Å². The van der Waals surface area contributed by atoms with Gasteiger partial charge >= 0.3 is 0 Å². The number of nitrogens with zero attached hydrogens (tertiary/aromatic N) is 2. The molecule has 3 rings (SSSR count). The van der Waals surface area contributed by atoms with E-state index in [4.69, 9.17) is 0 Å². The lowest BCUT2D eigenvalue weighted by atomic mass is 10.1. The molecular formula is C23H24N4O4S. The van der Waals surface area contributed by atoms with E-state index in [0.717, 1.165) is 17.4 Å². The Hall–Kier alpha value is -3.59. The highest BCUT2D eigenvalue weighted by Gasteiger charge is 2.13. The van der Waals surface area contributed by atoms with Gasteiger partial charge in [-0.15, -0.1) is 0 Å². The average Bonchev–Trinajstić information content (AvgIpc) is 2.77. The number of carbonyl (C=O) groups is 2. The predicted octanol–water partition coefficient (Wildman–Crippen LogP) is 2.62. The molecule has 9 heteroatoms. The predicted molar refractivity (Wildman–Crippen MR) is 121 cm³/mol. The Morgan fingerprint density at radius 1 is 0.938 bits per heavy atom. The largest absolute Gasteiger partial charge is 0.349 e. The summed E-state index contributed by atoms with van der Waals surface area (Å²) in [4.78, 5) is 33.2. The maximum absolute atomic E-state index is 12.5. The SMILES string of the molecule is CC(C)NC(=O)c1cccc(C(=O)NCc2cncc(-c3cccc(S(C)(=O)=O)c3)c2)n1. The topological polar surface area (TPSA) is 118 Å². The van der Waals surface area contributed by atoms with Crippen LogP contribution in [0.3, 0.4) is 0 Å². The van der Waals surface area contributed by atoms with Crippen molar-refractivity contribution in [3.63, 3.8) is 0 Å². The van der Waals surface area contributed by atoms with Crippen LogP contribution >= 0.6 is 0 Å². The molecule has 3 aromatic rings. The van der Waals surface area contributed by atoms with Crippen LogP contribution in [0.4, 0.5) is 0 Å². The first-order valence-corrected chi connectivity index (χ1v) is 11.8. The molecule has 0 unspecified atom stereocenters. The summed E-state index contributed by atoms with van der Waals surface area (Å²) in [6.45, 7) is 3.87. The van der Waals surface area contributed by atoms with Crippen molar-refractivity contribution in [3.05, 3.63) is 77.9 Å². The van der Waals surface area contributed by atoms with Gasteiger partial charge in [-0.2, -0.15) is 0 Å². The fraction of sp³-hybridized carbons (Fsp3) is 0.217. The van der Waals surface area contributed by atoms with Gasteiger partial charge in [0, 0.05) is 36.8 Å². The quantitative estimate of drug-likeness (QED) is 0.569. The first-order valence-electron chi connectivity index (χ1n) is 9.94. The van der Waals surface area contributed by atoms with Crippen molar-refractivity contribution < 1.29 is 18.0 Å². The molecule has 2 aromatic heterocycles. The van der Waals surface area contributed by atoms with Gasteiger partial charge in [0.1, 0.15) is 11.4 Å². The number of benzene rings is 1. The van der Waals surface area contributed by atoms with Crippen molar-refractivity contribution in [2.45, 2.75) is 31.3 Å². The second-order valence-corrected chi connectivity index (χ2v) is 9.62. The van der Waals surface area contributed by atoms with Gasteiger partial charge in [0.25, 0.3) is 11.8 Å². The van der Waals surface area contributed by atoms with E-state index in [1.165, 1.54) is 6.07 Å². The summed E-state index contributed by atoms with van der Waals surface area (Å²) in [6, 6.07) is 13.1. The molecule has 0 aliphatic heterocycles. The Bertz CT molecular complexity index is 1260. The fourth-order valence-electron chi connectivity index (χ4n) is 2.95. The lowest BCUT2D eigenvalue weighted by molar-refractivity contribution is 0.0936. The van der Waals surface area contributed by atoms with Crippen molar-refractivity contribution in [1.29, 1.82) is 0 Å². The zero-order valence-corrected chi connectivity index (χ0v) is 18.8. The number of carbonyl (C=O) groups excluding carboxylic acids is 2. The number of nitrogens with one attached hydrogen (secondary N) is 2. The highest BCUT2D eigenvalue weighted by molar-refractivity contribution is 7.90. The molecule has 0 saturated carbocycles. The zero-order chi connectivity index (χ0) is 23.3. The average molecular weight is 453 g/mol. The Kier molecular flexibility index (Phi) is 6.99. The minimum absolute atomic E-state index is 0.0420. The van der Waals surface area contributed by atoms with Crippen molar-refractivity contribution >= 4 is 21.7 Å². The summed E-state index contributed by atoms with van der Waals surface area (Å²) >= 11 is 0. The number of hydrogen-bond donors (Lipinski definition) is 2. The molecule has 8 nitrogen and oxygen atoms in total. The van der Waals surface area contributed by atoms with Gasteiger partial charge in [-0.25, -0.2) is 13.4 Å². The monoisotopic (exact) mass is 452 g/mol. The maximum atomic E-state index is 12.5. The number of rotatable bonds is 7. The van der Waals surface area contributed by atoms with E-state index in [1.54, 1.807) is 48.8 Å². The Morgan fingerprint density at radius 2 is 1.62 bits per heavy atom. The third-order valence-electron chi connectivity index (χ3n) is 4.48. The first kappa shape index (κ1) is 23.1. The van der Waals surface area contributed by atoms with Gasteiger partial charge in [0.15, 0.2) is 9.84 Å². The lowest BCUT2D eigenvalue weighted by Crippen LogP contribution is -2.31. The van der Waals surface area contributed by atoms with Gasteiger partial charge in [-0.1, -0.05) is 18.2 Å². The van der Waals surface area contributed by atoms with E-state index in [2.05, 4.69) is 20.6 Å². The Morgan fingerprint density at radius 3 is 2.31 bits per heavy atom. The van der Waals surface area contributed by atoms with E-state index in [1.807, 2.05) is 19.9 Å². The summed E-state index contributed by atoms with van der Waals surface area (Å²) in [7, 11) is -3.32. The fourth-order valence-corrected chi connectivity index (χ4v) is 3.61. The molecule has 32 heavy (non-hydrogen) atoms. The Balaban J connectivity index is 1.72. The molecule has 2 heterocycles. The zero-order valence-electron chi connectivity index (χ0n) is 18.0. The summed E-state index contributed by atoms with van der Waals surface area (Å²) in [5.41, 5.74) is 2.47. The molecular weight excluding hydrogens is 428 g/mol. The molecule has 166 valence electrons. The number of hydrogen-bond acceptors (Lipinski definition) is 6. The normalized spacial score (nSPS) is 11.2. The van der Waals surface area contributed by atoms with Gasteiger partial charge in [0.2, 0.25) is 0 Å². The van der Waals surface area contributed by atoms with E-state index >= 15 is 0 Å². The van der Waals surface area contributed by atoms with Crippen LogP contribution in [0.25, 0.3) is 11.1 Å². The number of sulfone groups is 1. The molecule has 0 spiro atoms. The first-order chi connectivity index (χ1) is 15.1. The number of aromatic nitrogens is 2. The smallest absolute Gasteiger partial charge is 0.270 e. The van der Waals surface area contributed by atoms with E-state index in [9.17, 15) is 18.0 Å². The molecule has 0 atom stereocenters. The third kappa shape index (κ3) is 5.98. The van der Waals surface area contributed by atoms with E-state index < -0.39 is 15.7 Å². The molecule has 2 amide bonds. The molecule has 0 aliphatic carbocycles. The van der Waals surface area contributed by atoms with Crippen LogP contribution in [0.5, 0.6) is 0 Å². The molecule has 0 fully saturated rings. The van der Waals surface area contributed by atoms with Crippen molar-refractivity contribution in [2.75, 3.05) is 6.26 Å². The van der Waals surface area contributed by atoms with Crippen LogP contribution in [0.2, 0.25) is 0 Å². The summed E-state index contributed by atoms with van der Waals surface area (Å²) < 4.78 is 23.6. The second-order valence-electron chi connectivity index (χ2n) is 7.60. The highest BCUT2D eigenvalue weighted by Crippen LogP contribution is 2.22. The molecule has 0 aliphatic rings. The van der Waals surface area contributed by atoms with Crippen LogP contribution in [-0.4, -0.2) is 42.5 Å². The molecule has 0 radical (unpaired) electrons. The minimum Gasteiger partial charge on any atom is -0.349 e. The molecule has 0 bridgehead atoms. The molecule has 2 N–H and O–H groups in total. The maximum Gasteiger partial charge on any atom is 0.270 e. The van der Waals surface area contributed by atoms with Crippen molar-refractivity contribution in [1.82, 2.24) is 20.6 Å². The van der Waals surface area contributed by atoms with Gasteiger partial charge in [-0.3, -0.25) is 14.6 Å². The number of amides is 2. The summed E-state index contributed by atoms with van der Waals surface area (Å²) in [6.07, 6.45) is 4.40. The van der Waals surface area contributed by atoms with Crippen LogP contribution in [-0.2, 0) is 16.4 Å². The Labute approximate surface area is 187 Å². The summed E-state index contributed by atoms with van der Waals surface area (Å²) in [5.74, 6) is -0.767. The van der Waals surface area contributed by atoms with Crippen LogP contribution in [0.15, 0.2) is 65.8 Å². The second kappa shape index (κ2) is 9.69. The molecule has 1 aromatic carbocycles. The van der Waals surface area contributed by atoms with Gasteiger partial charge in [0.05, 0.1) is 4.90 Å². The van der Waals surface area contributed by atoms with Gasteiger partial charge in [-0.05, 0) is 55.3 Å². The van der Waals surface area contributed by atoms with Gasteiger partial charge < -0.3 is 10.6 Å². The van der Waals surface area contributed by atoms with Crippen LogP contribution in [0.1, 0.15) is 40.4 Å². The van der Waals surface area contributed by atoms with Crippen molar-refractivity contribution in [3.8, 4) is 11.1 Å². The van der Waals surface area contributed by atoms with Crippen molar-refractivity contribution in [2.24, 2.45) is 0 Å². The highest BCUT2D eigenvalue weighted by atomic mass is 32.2. The van der Waals surface area contributed by atoms with E-state index in [-0.39, 0.29) is 34.8 Å². The third-order valence-corrected chi connectivity index (χ3v) is 5.59. The lowest BCUT2D eigenvalue weighted by Gasteiger charge is -2.10. The number of pyridine rings is 2. The standard InChI is InChI=1S/C23H24N4O4S/c1-15(2)26-23(29)21-9-5-8-20(27-21)22(28)25-13-16-10-18(14-24-12-16)17-6-4-7-19(11-17)32(3,30)31/h4-12,14-15H,13H2,1-3H3,(H,25,28)(H,26,29). The van der Waals surface area contributed by atoms with E-state index in [0.29, 0.717) is 5.56 Å². The minimum atomic E-state index is -3.32. The summed E-state index contributed by atoms with van der Waals surface area (Å²) in [5, 5.41) is 5.51. The van der Waals surface area contributed by atoms with Crippen LogP contribution < -0.4 is 10.6 Å².